The fraction of sp³-hybridized carbons (Fsp3) is 0.115. The molecule has 1 N–H and O–H groups in total. The molecule has 0 aliphatic rings. The number of aromatic nitrogens is 4. The molecule has 0 aliphatic carbocycles. The summed E-state index contributed by atoms with van der Waals surface area (Å²) in [6.07, 6.45) is 6.78. The van der Waals surface area contributed by atoms with Crippen LogP contribution in [0.1, 0.15) is 21.5 Å². The molecule has 0 amide bonds. The van der Waals surface area contributed by atoms with Crippen LogP contribution < -0.4 is 0 Å². The second kappa shape index (κ2) is 11.6. The van der Waals surface area contributed by atoms with E-state index in [9.17, 15) is 25.0 Å². The fourth-order valence-electron chi connectivity index (χ4n) is 3.97. The number of imidazole rings is 2. The zero-order chi connectivity index (χ0) is 29.1. The van der Waals surface area contributed by atoms with E-state index in [1.165, 1.54) is 34.8 Å². The van der Waals surface area contributed by atoms with Crippen LogP contribution in [-0.4, -0.2) is 46.3 Å². The first-order valence-electron chi connectivity index (χ1n) is 12.0. The van der Waals surface area contributed by atoms with E-state index < -0.39 is 15.8 Å². The molecule has 13 nitrogen and oxygen atoms in total. The number of fused-ring (bicyclic) bond motifs is 2. The largest absolute Gasteiger partial charge is 0.462 e. The molecular weight excluding hydrogens is 572 g/mol. The monoisotopic (exact) mass is 592 g/mol. The van der Waals surface area contributed by atoms with Gasteiger partial charge in [0.1, 0.15) is 4.88 Å². The SMILES string of the molecule is CCOC(=O)c1cn2cc(-c3ccccc3[N+](=O)[O-])nc2s1.O=[N+]([O-])c1ccccc1-c1cn2cc(CO)sc2n1. The number of carbonyl (C=O) groups excluding carboxylic acids is 1. The Labute approximate surface area is 238 Å². The summed E-state index contributed by atoms with van der Waals surface area (Å²) in [6.45, 7) is 2.01. The molecular formula is C26H20N6O7S2. The van der Waals surface area contributed by atoms with Gasteiger partial charge in [0.25, 0.3) is 11.4 Å². The molecule has 0 fully saturated rings. The Bertz CT molecular complexity index is 1840. The lowest BCUT2D eigenvalue weighted by Crippen LogP contribution is -2.01. The van der Waals surface area contributed by atoms with Crippen molar-refractivity contribution in [3.8, 4) is 22.5 Å². The standard InChI is InChI=1S/C14H11N3O4S.C12H9N3O3S/c1-2-21-13(18)12-8-16-7-10(15-14(16)22-12)9-5-3-4-6-11(9)17(19)20;16-7-8-5-14-6-10(13-12(14)19-8)9-3-1-2-4-11(9)15(17)18/h3-8H,2H2,1H3;1-6,16H,7H2. The maximum atomic E-state index is 11.7. The summed E-state index contributed by atoms with van der Waals surface area (Å²) in [5.41, 5.74) is 2.03. The highest BCUT2D eigenvalue weighted by Crippen LogP contribution is 2.32. The minimum atomic E-state index is -0.438. The van der Waals surface area contributed by atoms with E-state index in [1.54, 1.807) is 76.9 Å². The van der Waals surface area contributed by atoms with Crippen molar-refractivity contribution in [2.45, 2.75) is 13.5 Å². The van der Waals surface area contributed by atoms with Gasteiger partial charge in [0.05, 0.1) is 50.5 Å². The number of hydrogen-bond donors (Lipinski definition) is 1. The third-order valence-electron chi connectivity index (χ3n) is 5.75. The molecule has 6 rings (SSSR count). The number of aliphatic hydroxyl groups is 1. The van der Waals surface area contributed by atoms with Crippen molar-refractivity contribution >= 4 is 49.9 Å². The highest BCUT2D eigenvalue weighted by molar-refractivity contribution is 7.18. The Morgan fingerprint density at radius 3 is 1.83 bits per heavy atom. The summed E-state index contributed by atoms with van der Waals surface area (Å²) < 4.78 is 8.37. The van der Waals surface area contributed by atoms with Gasteiger partial charge in [-0.1, -0.05) is 46.9 Å². The predicted octanol–water partition coefficient (Wildman–Crippen LogP) is 5.61. The second-order valence-corrected chi connectivity index (χ2v) is 10.5. The summed E-state index contributed by atoms with van der Waals surface area (Å²) in [4.78, 5) is 44.1. The first-order valence-corrected chi connectivity index (χ1v) is 13.6. The van der Waals surface area contributed by atoms with Crippen molar-refractivity contribution in [1.82, 2.24) is 18.8 Å². The quantitative estimate of drug-likeness (QED) is 0.141. The molecule has 4 heterocycles. The van der Waals surface area contributed by atoms with Gasteiger partial charge in [-0.2, -0.15) is 0 Å². The number of nitrogens with zero attached hydrogens (tertiary/aromatic N) is 6. The van der Waals surface area contributed by atoms with Crippen LogP contribution in [-0.2, 0) is 11.3 Å². The Kier molecular flexibility index (Phi) is 7.82. The smallest absolute Gasteiger partial charge is 0.349 e. The van der Waals surface area contributed by atoms with Gasteiger partial charge in [-0.25, -0.2) is 14.8 Å². The number of rotatable bonds is 7. The molecule has 6 aromatic rings. The van der Waals surface area contributed by atoms with Crippen molar-refractivity contribution in [2.75, 3.05) is 6.61 Å². The van der Waals surface area contributed by atoms with Gasteiger partial charge in [-0.05, 0) is 19.1 Å². The van der Waals surface area contributed by atoms with Crippen LogP contribution in [0.3, 0.4) is 0 Å². The van der Waals surface area contributed by atoms with Crippen LogP contribution in [0.25, 0.3) is 32.4 Å². The molecule has 0 unspecified atom stereocenters. The number of benzene rings is 2. The molecule has 0 aliphatic heterocycles. The Morgan fingerprint density at radius 1 is 0.854 bits per heavy atom. The van der Waals surface area contributed by atoms with Gasteiger partial charge >= 0.3 is 5.97 Å². The highest BCUT2D eigenvalue weighted by atomic mass is 32.1. The lowest BCUT2D eigenvalue weighted by Gasteiger charge is -1.98. The number of ether oxygens (including phenoxy) is 1. The number of para-hydroxylation sites is 2. The average molecular weight is 593 g/mol. The van der Waals surface area contributed by atoms with Crippen molar-refractivity contribution in [3.05, 3.63) is 103 Å². The number of nitro benzene ring substituents is 2. The second-order valence-electron chi connectivity index (χ2n) is 8.35. The summed E-state index contributed by atoms with van der Waals surface area (Å²) in [5.74, 6) is -0.398. The topological polar surface area (TPSA) is 167 Å². The number of aliphatic hydroxyl groups excluding tert-OH is 1. The lowest BCUT2D eigenvalue weighted by molar-refractivity contribution is -0.384. The van der Waals surface area contributed by atoms with Gasteiger partial charge in [0.2, 0.25) is 0 Å². The fourth-order valence-corrected chi connectivity index (χ4v) is 5.65. The third kappa shape index (κ3) is 5.67. The van der Waals surface area contributed by atoms with E-state index in [2.05, 4.69) is 9.97 Å². The van der Waals surface area contributed by atoms with Gasteiger partial charge in [-0.15, -0.1) is 0 Å². The molecule has 0 saturated heterocycles. The van der Waals surface area contributed by atoms with E-state index in [4.69, 9.17) is 9.84 Å². The number of hydrogen-bond acceptors (Lipinski definition) is 11. The van der Waals surface area contributed by atoms with Crippen LogP contribution in [0.15, 0.2) is 73.3 Å². The van der Waals surface area contributed by atoms with Crippen LogP contribution in [0.5, 0.6) is 0 Å². The van der Waals surface area contributed by atoms with Crippen LogP contribution in [0.2, 0.25) is 0 Å². The first-order chi connectivity index (χ1) is 19.8. The van der Waals surface area contributed by atoms with E-state index in [0.29, 0.717) is 43.9 Å². The molecule has 2 aromatic carbocycles. The molecule has 4 aromatic heterocycles. The van der Waals surface area contributed by atoms with E-state index in [0.717, 1.165) is 4.88 Å². The highest BCUT2D eigenvalue weighted by Gasteiger charge is 2.20. The van der Waals surface area contributed by atoms with Crippen molar-refractivity contribution in [1.29, 1.82) is 0 Å². The van der Waals surface area contributed by atoms with E-state index in [1.807, 2.05) is 0 Å². The number of thiazole rings is 2. The molecule has 0 saturated carbocycles. The molecule has 0 radical (unpaired) electrons. The van der Waals surface area contributed by atoms with Gasteiger partial charge in [0.15, 0.2) is 9.92 Å². The molecule has 15 heteroatoms. The zero-order valence-electron chi connectivity index (χ0n) is 21.2. The van der Waals surface area contributed by atoms with Gasteiger partial charge < -0.3 is 9.84 Å². The van der Waals surface area contributed by atoms with Crippen LogP contribution in [0.4, 0.5) is 11.4 Å². The molecule has 0 atom stereocenters. The molecule has 41 heavy (non-hydrogen) atoms. The van der Waals surface area contributed by atoms with Crippen molar-refractivity contribution < 1.29 is 24.5 Å². The van der Waals surface area contributed by atoms with Gasteiger partial charge in [-0.3, -0.25) is 29.0 Å². The van der Waals surface area contributed by atoms with E-state index >= 15 is 0 Å². The predicted molar refractivity (Wildman–Crippen MR) is 152 cm³/mol. The maximum Gasteiger partial charge on any atom is 0.349 e. The Balaban J connectivity index is 0.000000166. The zero-order valence-corrected chi connectivity index (χ0v) is 22.9. The van der Waals surface area contributed by atoms with Crippen molar-refractivity contribution in [2.24, 2.45) is 0 Å². The minimum Gasteiger partial charge on any atom is -0.462 e. The minimum absolute atomic E-state index is 0.00105. The first kappa shape index (κ1) is 27.6. The van der Waals surface area contributed by atoms with Crippen LogP contribution in [0, 0.1) is 20.2 Å². The van der Waals surface area contributed by atoms with Crippen molar-refractivity contribution in [3.63, 3.8) is 0 Å². The summed E-state index contributed by atoms with van der Waals surface area (Å²) in [5, 5.41) is 31.1. The van der Waals surface area contributed by atoms with Crippen LogP contribution >= 0.6 is 22.7 Å². The molecule has 0 spiro atoms. The van der Waals surface area contributed by atoms with E-state index in [-0.39, 0.29) is 18.0 Å². The summed E-state index contributed by atoms with van der Waals surface area (Å²) in [7, 11) is 0. The van der Waals surface area contributed by atoms with Gasteiger partial charge in [0, 0.05) is 36.9 Å². The number of carbonyl (C=O) groups is 1. The summed E-state index contributed by atoms with van der Waals surface area (Å²) in [6, 6.07) is 12.9. The summed E-state index contributed by atoms with van der Waals surface area (Å²) >= 11 is 2.54. The number of esters is 1. The molecule has 0 bridgehead atoms. The Hall–Kier alpha value is -4.99. The number of nitro groups is 2. The maximum absolute atomic E-state index is 11.7. The Morgan fingerprint density at radius 2 is 1.37 bits per heavy atom. The normalized spacial score (nSPS) is 10.9. The average Bonchev–Trinajstić information content (AvgIpc) is 3.73. The molecule has 208 valence electrons. The third-order valence-corrected chi connectivity index (χ3v) is 7.70. The lowest BCUT2D eigenvalue weighted by atomic mass is 10.1.